The summed E-state index contributed by atoms with van der Waals surface area (Å²) in [7, 11) is 3.69. The first-order valence-electron chi connectivity index (χ1n) is 9.22. The third kappa shape index (κ3) is 3.26. The summed E-state index contributed by atoms with van der Waals surface area (Å²) < 4.78 is 16.8. The number of benzene rings is 1. The van der Waals surface area contributed by atoms with E-state index in [2.05, 4.69) is 9.97 Å². The minimum atomic E-state index is -0.889. The summed E-state index contributed by atoms with van der Waals surface area (Å²) >= 11 is 0. The van der Waals surface area contributed by atoms with Crippen LogP contribution >= 0.6 is 0 Å². The lowest BCUT2D eigenvalue weighted by Gasteiger charge is -2.30. The molecule has 1 aliphatic rings. The largest absolute Gasteiger partial charge is 0.465 e. The molecule has 0 spiro atoms. The number of likely N-dealkylation sites (tertiary alicyclic amines) is 1. The summed E-state index contributed by atoms with van der Waals surface area (Å²) in [5.74, 6) is 0.499. The minimum absolute atomic E-state index is 0.174. The summed E-state index contributed by atoms with van der Waals surface area (Å²) in [5, 5.41) is 9.06. The highest BCUT2D eigenvalue weighted by Crippen LogP contribution is 2.33. The zero-order valence-electron chi connectivity index (χ0n) is 15.8. The first kappa shape index (κ1) is 18.2. The van der Waals surface area contributed by atoms with E-state index in [1.165, 1.54) is 4.90 Å². The van der Waals surface area contributed by atoms with Crippen LogP contribution in [-0.2, 0) is 7.05 Å². The van der Waals surface area contributed by atoms with Gasteiger partial charge in [-0.3, -0.25) is 0 Å². The van der Waals surface area contributed by atoms with Gasteiger partial charge in [0.05, 0.1) is 23.7 Å². The van der Waals surface area contributed by atoms with Crippen LogP contribution in [0.4, 0.5) is 20.7 Å². The van der Waals surface area contributed by atoms with Gasteiger partial charge in [0.2, 0.25) is 0 Å². The number of amides is 1. The number of rotatable bonds is 3. The Hall–Kier alpha value is -3.16. The molecule has 0 atom stereocenters. The molecule has 0 saturated carbocycles. The third-order valence-electron chi connectivity index (χ3n) is 5.51. The van der Waals surface area contributed by atoms with Crippen LogP contribution in [0.15, 0.2) is 36.8 Å². The number of aromatic nitrogens is 3. The fourth-order valence-electron chi connectivity index (χ4n) is 3.78. The van der Waals surface area contributed by atoms with Crippen molar-refractivity contribution in [1.82, 2.24) is 19.4 Å². The average Bonchev–Trinajstić information content (AvgIpc) is 3.08. The number of pyridine rings is 1. The fraction of sp³-hybridized carbons (Fsp3) is 0.350. The topological polar surface area (TPSA) is 74.5 Å². The van der Waals surface area contributed by atoms with Gasteiger partial charge in [-0.2, -0.15) is 0 Å². The Bertz CT molecular complexity index is 1030. The second kappa shape index (κ2) is 7.10. The predicted octanol–water partition coefficient (Wildman–Crippen LogP) is 3.73. The molecule has 3 aromatic rings. The highest BCUT2D eigenvalue weighted by molar-refractivity contribution is 5.78. The summed E-state index contributed by atoms with van der Waals surface area (Å²) in [6.45, 7) is 0.968. The van der Waals surface area contributed by atoms with Gasteiger partial charge < -0.3 is 19.5 Å². The molecular formula is C20H22FN5O2. The average molecular weight is 383 g/mol. The first-order valence-corrected chi connectivity index (χ1v) is 9.22. The van der Waals surface area contributed by atoms with Gasteiger partial charge in [0.15, 0.2) is 0 Å². The van der Waals surface area contributed by atoms with E-state index >= 15 is 0 Å². The number of anilines is 2. The van der Waals surface area contributed by atoms with Crippen LogP contribution in [0.1, 0.15) is 24.3 Å². The second-order valence-electron chi connectivity index (χ2n) is 7.20. The number of carboxylic acid groups (broad SMARTS) is 1. The molecule has 7 nitrogen and oxygen atoms in total. The van der Waals surface area contributed by atoms with Crippen molar-refractivity contribution in [2.75, 3.05) is 25.0 Å². The Morgan fingerprint density at radius 3 is 2.68 bits per heavy atom. The zero-order valence-corrected chi connectivity index (χ0v) is 15.8. The number of halogens is 1. The molecule has 1 saturated heterocycles. The monoisotopic (exact) mass is 383 g/mol. The lowest BCUT2D eigenvalue weighted by atomic mass is 9.89. The number of imidazole rings is 1. The van der Waals surface area contributed by atoms with E-state index in [0.717, 1.165) is 16.6 Å². The van der Waals surface area contributed by atoms with Crippen LogP contribution in [0.2, 0.25) is 0 Å². The van der Waals surface area contributed by atoms with E-state index in [-0.39, 0.29) is 11.7 Å². The van der Waals surface area contributed by atoms with Gasteiger partial charge in [-0.1, -0.05) is 6.07 Å². The Labute approximate surface area is 162 Å². The van der Waals surface area contributed by atoms with Crippen molar-refractivity contribution in [3.8, 4) is 0 Å². The first-order chi connectivity index (χ1) is 13.4. The van der Waals surface area contributed by atoms with Gasteiger partial charge in [-0.15, -0.1) is 0 Å². The lowest BCUT2D eigenvalue weighted by molar-refractivity contribution is 0.132. The molecule has 1 fully saturated rings. The molecule has 8 heteroatoms. The van der Waals surface area contributed by atoms with Crippen LogP contribution in [0.25, 0.3) is 11.0 Å². The summed E-state index contributed by atoms with van der Waals surface area (Å²) in [6.07, 6.45) is 3.93. The molecule has 3 heterocycles. The van der Waals surface area contributed by atoms with Crippen molar-refractivity contribution in [2.45, 2.75) is 18.8 Å². The van der Waals surface area contributed by atoms with E-state index in [9.17, 15) is 9.18 Å². The van der Waals surface area contributed by atoms with E-state index in [4.69, 9.17) is 5.11 Å². The molecule has 0 unspecified atom stereocenters. The van der Waals surface area contributed by atoms with Crippen LogP contribution < -0.4 is 4.90 Å². The molecule has 0 radical (unpaired) electrons. The maximum Gasteiger partial charge on any atom is 0.407 e. The number of hydrogen-bond donors (Lipinski definition) is 1. The van der Waals surface area contributed by atoms with E-state index < -0.39 is 6.09 Å². The Balaban J connectivity index is 1.55. The number of nitrogens with zero attached hydrogens (tertiary/aromatic N) is 5. The predicted molar refractivity (Wildman–Crippen MR) is 105 cm³/mol. The third-order valence-corrected chi connectivity index (χ3v) is 5.51. The number of piperidine rings is 1. The molecule has 4 rings (SSSR count). The van der Waals surface area contributed by atoms with Crippen LogP contribution in [-0.4, -0.2) is 50.8 Å². The molecule has 146 valence electrons. The smallest absolute Gasteiger partial charge is 0.407 e. The maximum absolute atomic E-state index is 14.9. The van der Waals surface area contributed by atoms with Gasteiger partial charge in [-0.05, 0) is 36.5 Å². The number of carbonyl (C=O) groups is 1. The van der Waals surface area contributed by atoms with Gasteiger partial charge in [0.1, 0.15) is 17.2 Å². The van der Waals surface area contributed by atoms with Crippen molar-refractivity contribution in [1.29, 1.82) is 0 Å². The second-order valence-corrected chi connectivity index (χ2v) is 7.20. The molecule has 1 N–H and O–H groups in total. The van der Waals surface area contributed by atoms with Gasteiger partial charge in [0.25, 0.3) is 0 Å². The SMILES string of the molecule is CN(c1cc2c(cn1)ncn2C)c1ccc(C2CCN(C(=O)O)CC2)cc1F. The Morgan fingerprint density at radius 2 is 2.00 bits per heavy atom. The van der Waals surface area contributed by atoms with Gasteiger partial charge >= 0.3 is 6.09 Å². The lowest BCUT2D eigenvalue weighted by Crippen LogP contribution is -2.36. The molecule has 2 aromatic heterocycles. The molecule has 1 aliphatic heterocycles. The molecular weight excluding hydrogens is 361 g/mol. The van der Waals surface area contributed by atoms with Crippen molar-refractivity contribution < 1.29 is 14.3 Å². The van der Waals surface area contributed by atoms with Crippen LogP contribution in [0.5, 0.6) is 0 Å². The van der Waals surface area contributed by atoms with Crippen molar-refractivity contribution in [2.24, 2.45) is 7.05 Å². The fourth-order valence-corrected chi connectivity index (χ4v) is 3.78. The molecule has 0 bridgehead atoms. The minimum Gasteiger partial charge on any atom is -0.465 e. The zero-order chi connectivity index (χ0) is 19.8. The van der Waals surface area contributed by atoms with Crippen LogP contribution in [0, 0.1) is 5.82 Å². The highest BCUT2D eigenvalue weighted by atomic mass is 19.1. The molecule has 1 aromatic carbocycles. The Morgan fingerprint density at radius 1 is 1.25 bits per heavy atom. The van der Waals surface area contributed by atoms with E-state index in [1.807, 2.05) is 23.7 Å². The van der Waals surface area contributed by atoms with Gasteiger partial charge in [0, 0.05) is 33.3 Å². The van der Waals surface area contributed by atoms with Crippen molar-refractivity contribution >= 4 is 28.6 Å². The van der Waals surface area contributed by atoms with Gasteiger partial charge in [-0.25, -0.2) is 19.2 Å². The van der Waals surface area contributed by atoms with E-state index in [1.54, 1.807) is 36.6 Å². The Kier molecular flexibility index (Phi) is 4.62. The number of fused-ring (bicyclic) bond motifs is 1. The van der Waals surface area contributed by atoms with Crippen LogP contribution in [0.3, 0.4) is 0 Å². The molecule has 1 amide bonds. The highest BCUT2D eigenvalue weighted by Gasteiger charge is 2.24. The summed E-state index contributed by atoms with van der Waals surface area (Å²) in [6, 6.07) is 7.15. The quantitative estimate of drug-likeness (QED) is 0.746. The molecule has 0 aliphatic carbocycles. The molecule has 28 heavy (non-hydrogen) atoms. The van der Waals surface area contributed by atoms with E-state index in [0.29, 0.717) is 37.4 Å². The van der Waals surface area contributed by atoms with Crippen molar-refractivity contribution in [3.63, 3.8) is 0 Å². The summed E-state index contributed by atoms with van der Waals surface area (Å²) in [5.41, 5.74) is 3.08. The standard InChI is InChI=1S/C20H22FN5O2/c1-24-12-23-16-11-22-19(10-18(16)24)25(2)17-4-3-14(9-15(17)21)13-5-7-26(8-6-13)20(27)28/h3-4,9-13H,5-8H2,1-2H3,(H,27,28). The number of hydrogen-bond acceptors (Lipinski definition) is 4. The normalized spacial score (nSPS) is 15.2. The van der Waals surface area contributed by atoms with Crippen molar-refractivity contribution in [3.05, 3.63) is 48.2 Å². The number of aryl methyl sites for hydroxylation is 1. The summed E-state index contributed by atoms with van der Waals surface area (Å²) in [4.78, 5) is 22.8. The maximum atomic E-state index is 14.9.